The molecular weight excluding hydrogens is 220 g/mol. The third kappa shape index (κ3) is 2.73. The largest absolute Gasteiger partial charge is 0.508 e. The summed E-state index contributed by atoms with van der Waals surface area (Å²) in [7, 11) is 0. The van der Waals surface area contributed by atoms with Crippen LogP contribution in [0.25, 0.3) is 0 Å². The van der Waals surface area contributed by atoms with E-state index in [4.69, 9.17) is 0 Å². The van der Waals surface area contributed by atoms with Crippen LogP contribution in [0, 0.1) is 6.92 Å². The van der Waals surface area contributed by atoms with Crippen LogP contribution in [-0.2, 0) is 0 Å². The molecule has 0 saturated heterocycles. The molecule has 0 heterocycles. The van der Waals surface area contributed by atoms with Crippen LogP contribution in [0.15, 0.2) is 48.5 Å². The second-order valence-corrected chi connectivity index (χ2v) is 4.81. The fourth-order valence-corrected chi connectivity index (χ4v) is 2.43. The number of hydrogen-bond donors (Lipinski definition) is 1. The topological polar surface area (TPSA) is 20.2 Å². The summed E-state index contributed by atoms with van der Waals surface area (Å²) < 4.78 is 0. The predicted molar refractivity (Wildman–Crippen MR) is 76.0 cm³/mol. The fraction of sp³-hybridized carbons (Fsp3) is 0.294. The van der Waals surface area contributed by atoms with Gasteiger partial charge in [0.25, 0.3) is 0 Å². The predicted octanol–water partition coefficient (Wildman–Crippen LogP) is 4.63. The zero-order chi connectivity index (χ0) is 13.0. The first-order chi connectivity index (χ1) is 8.72. The molecule has 1 nitrogen and oxygen atoms in total. The summed E-state index contributed by atoms with van der Waals surface area (Å²) in [5, 5.41) is 10.1. The molecule has 0 radical (unpaired) electrons. The minimum Gasteiger partial charge on any atom is -0.508 e. The highest BCUT2D eigenvalue weighted by Gasteiger charge is 2.16. The molecule has 0 saturated carbocycles. The lowest BCUT2D eigenvalue weighted by atomic mass is 9.86. The molecule has 18 heavy (non-hydrogen) atoms. The van der Waals surface area contributed by atoms with Crippen LogP contribution < -0.4 is 0 Å². The lowest BCUT2D eigenvalue weighted by Crippen LogP contribution is -2.01. The van der Waals surface area contributed by atoms with E-state index in [2.05, 4.69) is 44.2 Å². The number of aromatic hydroxyl groups is 1. The molecule has 0 aliphatic rings. The van der Waals surface area contributed by atoms with Gasteiger partial charge in [0.15, 0.2) is 0 Å². The maximum Gasteiger partial charge on any atom is 0.119 e. The average Bonchev–Trinajstić information content (AvgIpc) is 2.40. The second-order valence-electron chi connectivity index (χ2n) is 4.81. The Balaban J connectivity index is 2.44. The van der Waals surface area contributed by atoms with Crippen molar-refractivity contribution in [3.63, 3.8) is 0 Å². The van der Waals surface area contributed by atoms with Gasteiger partial charge in [-0.3, -0.25) is 0 Å². The van der Waals surface area contributed by atoms with Crippen molar-refractivity contribution in [1.82, 2.24) is 0 Å². The molecule has 0 aliphatic carbocycles. The molecule has 94 valence electrons. The van der Waals surface area contributed by atoms with Gasteiger partial charge in [0.2, 0.25) is 0 Å². The number of rotatable bonds is 4. The average molecular weight is 240 g/mol. The smallest absolute Gasteiger partial charge is 0.119 e. The van der Waals surface area contributed by atoms with E-state index >= 15 is 0 Å². The van der Waals surface area contributed by atoms with Gasteiger partial charge >= 0.3 is 0 Å². The van der Waals surface area contributed by atoms with Crippen LogP contribution in [0.4, 0.5) is 0 Å². The Hall–Kier alpha value is -1.76. The molecule has 1 N–H and O–H groups in total. The first-order valence-electron chi connectivity index (χ1n) is 6.57. The number of hydrogen-bond acceptors (Lipinski definition) is 1. The Kier molecular flexibility index (Phi) is 4.03. The summed E-state index contributed by atoms with van der Waals surface area (Å²) in [6, 6.07) is 16.3. The van der Waals surface area contributed by atoms with E-state index in [0.29, 0.717) is 5.75 Å². The highest BCUT2D eigenvalue weighted by atomic mass is 16.3. The molecule has 0 fully saturated rings. The number of phenolic OH excluding ortho intramolecular Hbond substituents is 1. The molecular formula is C17H20O. The molecule has 2 rings (SSSR count). The van der Waals surface area contributed by atoms with Gasteiger partial charge in [-0.05, 0) is 25.0 Å². The summed E-state index contributed by atoms with van der Waals surface area (Å²) in [5.41, 5.74) is 3.52. The number of aryl methyl sites for hydroxylation is 1. The third-order valence-corrected chi connectivity index (χ3v) is 3.34. The molecule has 0 aromatic heterocycles. The van der Waals surface area contributed by atoms with E-state index < -0.39 is 0 Å². The lowest BCUT2D eigenvalue weighted by molar-refractivity contribution is 0.462. The normalized spacial score (nSPS) is 12.3. The molecule has 2 aromatic rings. The van der Waals surface area contributed by atoms with Gasteiger partial charge < -0.3 is 5.11 Å². The third-order valence-electron chi connectivity index (χ3n) is 3.34. The standard InChI is InChI=1S/C17H20O/c1-3-7-15(14-8-5-4-6-9-14)16-12-13(2)10-11-17(16)18/h4-6,8-12,15,18H,3,7H2,1-2H3/t15-/m0/s1. The van der Waals surface area contributed by atoms with Crippen LogP contribution in [-0.4, -0.2) is 5.11 Å². The van der Waals surface area contributed by atoms with Crippen LogP contribution in [0.5, 0.6) is 5.75 Å². The minimum atomic E-state index is 0.288. The quantitative estimate of drug-likeness (QED) is 0.826. The summed E-state index contributed by atoms with van der Waals surface area (Å²) in [4.78, 5) is 0. The van der Waals surface area contributed by atoms with E-state index in [-0.39, 0.29) is 5.92 Å². The van der Waals surface area contributed by atoms with Gasteiger partial charge in [-0.25, -0.2) is 0 Å². The molecule has 0 spiro atoms. The van der Waals surface area contributed by atoms with Gasteiger partial charge in [-0.15, -0.1) is 0 Å². The first-order valence-corrected chi connectivity index (χ1v) is 6.57. The summed E-state index contributed by atoms with van der Waals surface area (Å²) in [6.07, 6.45) is 2.16. The van der Waals surface area contributed by atoms with E-state index in [1.54, 1.807) is 6.07 Å². The summed E-state index contributed by atoms with van der Waals surface area (Å²) in [5.74, 6) is 0.694. The Labute approximate surface area is 109 Å². The Morgan fingerprint density at radius 2 is 1.78 bits per heavy atom. The second kappa shape index (κ2) is 5.72. The zero-order valence-electron chi connectivity index (χ0n) is 11.1. The summed E-state index contributed by atoms with van der Waals surface area (Å²) >= 11 is 0. The van der Waals surface area contributed by atoms with Crippen molar-refractivity contribution in [2.24, 2.45) is 0 Å². The lowest BCUT2D eigenvalue weighted by Gasteiger charge is -2.19. The first kappa shape index (κ1) is 12.7. The Morgan fingerprint density at radius 3 is 2.44 bits per heavy atom. The van der Waals surface area contributed by atoms with Crippen molar-refractivity contribution in [1.29, 1.82) is 0 Å². The molecule has 1 atom stereocenters. The van der Waals surface area contributed by atoms with E-state index in [9.17, 15) is 5.11 Å². The highest BCUT2D eigenvalue weighted by molar-refractivity contribution is 5.43. The monoisotopic (exact) mass is 240 g/mol. The van der Waals surface area contributed by atoms with Gasteiger partial charge in [-0.2, -0.15) is 0 Å². The molecule has 0 amide bonds. The highest BCUT2D eigenvalue weighted by Crippen LogP contribution is 2.35. The van der Waals surface area contributed by atoms with Crippen LogP contribution in [0.1, 0.15) is 42.4 Å². The molecule has 0 bridgehead atoms. The van der Waals surface area contributed by atoms with Crippen LogP contribution in [0.2, 0.25) is 0 Å². The summed E-state index contributed by atoms with van der Waals surface area (Å²) in [6.45, 7) is 4.25. The maximum absolute atomic E-state index is 10.1. The van der Waals surface area contributed by atoms with Crippen molar-refractivity contribution in [3.05, 3.63) is 65.2 Å². The molecule has 0 unspecified atom stereocenters. The van der Waals surface area contributed by atoms with Crippen molar-refractivity contribution in [2.45, 2.75) is 32.6 Å². The Morgan fingerprint density at radius 1 is 1.06 bits per heavy atom. The Bertz CT molecular complexity index is 502. The van der Waals surface area contributed by atoms with Gasteiger partial charge in [0.05, 0.1) is 0 Å². The maximum atomic E-state index is 10.1. The van der Waals surface area contributed by atoms with Crippen LogP contribution in [0.3, 0.4) is 0 Å². The van der Waals surface area contributed by atoms with E-state index in [1.165, 1.54) is 11.1 Å². The zero-order valence-corrected chi connectivity index (χ0v) is 11.1. The van der Waals surface area contributed by atoms with E-state index in [1.807, 2.05) is 12.1 Å². The van der Waals surface area contributed by atoms with Gasteiger partial charge in [-0.1, -0.05) is 61.4 Å². The van der Waals surface area contributed by atoms with Crippen LogP contribution >= 0.6 is 0 Å². The van der Waals surface area contributed by atoms with Crippen molar-refractivity contribution in [2.75, 3.05) is 0 Å². The van der Waals surface area contributed by atoms with Gasteiger partial charge in [0, 0.05) is 11.5 Å². The van der Waals surface area contributed by atoms with Crippen molar-refractivity contribution in [3.8, 4) is 5.75 Å². The van der Waals surface area contributed by atoms with E-state index in [0.717, 1.165) is 18.4 Å². The minimum absolute atomic E-state index is 0.288. The molecule has 2 aromatic carbocycles. The van der Waals surface area contributed by atoms with Gasteiger partial charge in [0.1, 0.15) is 5.75 Å². The van der Waals surface area contributed by atoms with Crippen molar-refractivity contribution < 1.29 is 5.11 Å². The number of phenols is 1. The molecule has 1 heteroatoms. The van der Waals surface area contributed by atoms with Crippen molar-refractivity contribution >= 4 is 0 Å². The molecule has 0 aliphatic heterocycles. The fourth-order valence-electron chi connectivity index (χ4n) is 2.43. The SMILES string of the molecule is CCC[C@@H](c1ccccc1)c1cc(C)ccc1O. The number of benzene rings is 2.